The third-order valence-corrected chi connectivity index (χ3v) is 3.58. The molecule has 1 amide bonds. The lowest BCUT2D eigenvalue weighted by molar-refractivity contribution is 0.102. The molecule has 0 aliphatic carbocycles. The molecule has 0 radical (unpaired) electrons. The van der Waals surface area contributed by atoms with Crippen molar-refractivity contribution < 1.29 is 14.6 Å². The number of para-hydroxylation sites is 1. The topological polar surface area (TPSA) is 58.6 Å². The van der Waals surface area contributed by atoms with E-state index in [1.54, 1.807) is 30.3 Å². The fourth-order valence-electron chi connectivity index (χ4n) is 2.11. The van der Waals surface area contributed by atoms with Gasteiger partial charge in [0.2, 0.25) is 0 Å². The molecular formula is C19H14ClNO3. The minimum absolute atomic E-state index is 0.0343. The van der Waals surface area contributed by atoms with Gasteiger partial charge < -0.3 is 15.2 Å². The summed E-state index contributed by atoms with van der Waals surface area (Å²) < 4.78 is 5.72. The normalized spacial score (nSPS) is 10.2. The molecule has 5 heteroatoms. The second kappa shape index (κ2) is 7.06. The molecule has 0 bridgehead atoms. The van der Waals surface area contributed by atoms with Crippen LogP contribution in [-0.4, -0.2) is 11.0 Å². The number of hydrogen-bond donors (Lipinski definition) is 2. The number of nitrogens with one attached hydrogen (secondary N) is 1. The standard InChI is InChI=1S/C19H14ClNO3/c20-17-12-14(9-10-18(17)22)21-19(23)13-5-4-8-16(11-13)24-15-6-2-1-3-7-15/h1-12,22H,(H,21,23). The molecule has 2 N–H and O–H groups in total. The first-order valence-electron chi connectivity index (χ1n) is 7.25. The van der Waals surface area contributed by atoms with Gasteiger partial charge in [0.1, 0.15) is 17.2 Å². The maximum atomic E-state index is 12.3. The Morgan fingerprint density at radius 2 is 1.67 bits per heavy atom. The molecule has 120 valence electrons. The van der Waals surface area contributed by atoms with Gasteiger partial charge in [-0.1, -0.05) is 35.9 Å². The number of hydrogen-bond acceptors (Lipinski definition) is 3. The van der Waals surface area contributed by atoms with Crippen molar-refractivity contribution in [1.29, 1.82) is 0 Å². The molecule has 0 saturated carbocycles. The van der Waals surface area contributed by atoms with Crippen molar-refractivity contribution in [3.8, 4) is 17.2 Å². The SMILES string of the molecule is O=C(Nc1ccc(O)c(Cl)c1)c1cccc(Oc2ccccc2)c1. The van der Waals surface area contributed by atoms with Crippen LogP contribution in [0.1, 0.15) is 10.4 Å². The Balaban J connectivity index is 1.75. The number of rotatable bonds is 4. The van der Waals surface area contributed by atoms with Gasteiger partial charge in [-0.15, -0.1) is 0 Å². The molecule has 0 fully saturated rings. The summed E-state index contributed by atoms with van der Waals surface area (Å²) in [5, 5.41) is 12.3. The number of carbonyl (C=O) groups excluding carboxylic acids is 1. The first kappa shape index (κ1) is 15.9. The highest BCUT2D eigenvalue weighted by Gasteiger charge is 2.09. The number of carbonyl (C=O) groups is 1. The van der Waals surface area contributed by atoms with Gasteiger partial charge in [0.05, 0.1) is 5.02 Å². The summed E-state index contributed by atoms with van der Waals surface area (Å²) in [5.41, 5.74) is 0.949. The molecular weight excluding hydrogens is 326 g/mol. The smallest absolute Gasteiger partial charge is 0.255 e. The molecule has 4 nitrogen and oxygen atoms in total. The fourth-order valence-corrected chi connectivity index (χ4v) is 2.29. The molecule has 0 heterocycles. The number of phenolic OH excluding ortho intramolecular Hbond substituents is 1. The number of halogens is 1. The Morgan fingerprint density at radius 1 is 0.917 bits per heavy atom. The zero-order valence-corrected chi connectivity index (χ0v) is 13.3. The van der Waals surface area contributed by atoms with E-state index in [1.165, 1.54) is 12.1 Å². The lowest BCUT2D eigenvalue weighted by atomic mass is 10.2. The highest BCUT2D eigenvalue weighted by atomic mass is 35.5. The minimum Gasteiger partial charge on any atom is -0.506 e. The largest absolute Gasteiger partial charge is 0.506 e. The monoisotopic (exact) mass is 339 g/mol. The van der Waals surface area contributed by atoms with Crippen LogP contribution in [0.15, 0.2) is 72.8 Å². The van der Waals surface area contributed by atoms with Gasteiger partial charge in [0, 0.05) is 11.3 Å². The van der Waals surface area contributed by atoms with Crippen molar-refractivity contribution in [3.63, 3.8) is 0 Å². The number of phenols is 1. The summed E-state index contributed by atoms with van der Waals surface area (Å²) in [6, 6.07) is 20.7. The zero-order valence-electron chi connectivity index (χ0n) is 12.6. The van der Waals surface area contributed by atoms with E-state index in [0.717, 1.165) is 0 Å². The fraction of sp³-hybridized carbons (Fsp3) is 0. The van der Waals surface area contributed by atoms with Crippen LogP contribution in [0.4, 0.5) is 5.69 Å². The highest BCUT2D eigenvalue weighted by Crippen LogP contribution is 2.27. The Hall–Kier alpha value is -2.98. The average molecular weight is 340 g/mol. The van der Waals surface area contributed by atoms with E-state index in [-0.39, 0.29) is 16.7 Å². The number of amides is 1. The molecule has 3 rings (SSSR count). The van der Waals surface area contributed by atoms with Crippen molar-refractivity contribution in [3.05, 3.63) is 83.4 Å². The van der Waals surface area contributed by atoms with E-state index >= 15 is 0 Å². The second-order valence-corrected chi connectivity index (χ2v) is 5.47. The van der Waals surface area contributed by atoms with E-state index in [1.807, 2.05) is 30.3 Å². The number of anilines is 1. The number of aromatic hydroxyl groups is 1. The third-order valence-electron chi connectivity index (χ3n) is 3.28. The van der Waals surface area contributed by atoms with Crippen molar-refractivity contribution >= 4 is 23.2 Å². The number of benzene rings is 3. The predicted molar refractivity (Wildman–Crippen MR) is 94.0 cm³/mol. The van der Waals surface area contributed by atoms with Crippen molar-refractivity contribution in [2.75, 3.05) is 5.32 Å². The maximum absolute atomic E-state index is 12.3. The number of ether oxygens (including phenoxy) is 1. The van der Waals surface area contributed by atoms with Crippen LogP contribution >= 0.6 is 11.6 Å². The summed E-state index contributed by atoms with van der Waals surface area (Å²) in [6.45, 7) is 0. The van der Waals surface area contributed by atoms with Gasteiger partial charge in [-0.2, -0.15) is 0 Å². The van der Waals surface area contributed by atoms with Gasteiger partial charge in [-0.05, 0) is 48.5 Å². The van der Waals surface area contributed by atoms with E-state index in [9.17, 15) is 9.90 Å². The van der Waals surface area contributed by atoms with E-state index < -0.39 is 0 Å². The Kier molecular flexibility index (Phi) is 4.68. The molecule has 0 aliphatic rings. The molecule has 3 aromatic carbocycles. The van der Waals surface area contributed by atoms with Crippen molar-refractivity contribution in [2.24, 2.45) is 0 Å². The second-order valence-electron chi connectivity index (χ2n) is 5.06. The van der Waals surface area contributed by atoms with Crippen molar-refractivity contribution in [1.82, 2.24) is 0 Å². The van der Waals surface area contributed by atoms with Crippen LogP contribution < -0.4 is 10.1 Å². The summed E-state index contributed by atoms with van der Waals surface area (Å²) in [4.78, 5) is 12.3. The van der Waals surface area contributed by atoms with Crippen molar-refractivity contribution in [2.45, 2.75) is 0 Å². The van der Waals surface area contributed by atoms with Crippen LogP contribution in [0, 0.1) is 0 Å². The van der Waals surface area contributed by atoms with Crippen LogP contribution in [0.5, 0.6) is 17.2 Å². The molecule has 0 saturated heterocycles. The lowest BCUT2D eigenvalue weighted by Crippen LogP contribution is -2.11. The third kappa shape index (κ3) is 3.86. The highest BCUT2D eigenvalue weighted by molar-refractivity contribution is 6.32. The summed E-state index contributed by atoms with van der Waals surface area (Å²) in [5.74, 6) is 0.932. The average Bonchev–Trinajstić information content (AvgIpc) is 2.59. The Labute approximate surface area is 144 Å². The molecule has 0 atom stereocenters. The first-order chi connectivity index (χ1) is 11.6. The van der Waals surface area contributed by atoms with Crippen LogP contribution in [0.25, 0.3) is 0 Å². The lowest BCUT2D eigenvalue weighted by Gasteiger charge is -2.09. The molecule has 24 heavy (non-hydrogen) atoms. The van der Waals surface area contributed by atoms with Crippen LogP contribution in [0.2, 0.25) is 5.02 Å². The van der Waals surface area contributed by atoms with Crippen LogP contribution in [0.3, 0.4) is 0 Å². The van der Waals surface area contributed by atoms with E-state index in [2.05, 4.69) is 5.32 Å². The van der Waals surface area contributed by atoms with E-state index in [4.69, 9.17) is 16.3 Å². The molecule has 0 aliphatic heterocycles. The molecule has 0 aromatic heterocycles. The first-order valence-corrected chi connectivity index (χ1v) is 7.62. The Bertz CT molecular complexity index is 865. The predicted octanol–water partition coefficient (Wildman–Crippen LogP) is 5.09. The quantitative estimate of drug-likeness (QED) is 0.651. The van der Waals surface area contributed by atoms with E-state index in [0.29, 0.717) is 22.7 Å². The molecule has 0 unspecified atom stereocenters. The minimum atomic E-state index is -0.296. The maximum Gasteiger partial charge on any atom is 0.255 e. The molecule has 3 aromatic rings. The summed E-state index contributed by atoms with van der Waals surface area (Å²) >= 11 is 5.84. The van der Waals surface area contributed by atoms with Gasteiger partial charge in [-0.3, -0.25) is 4.79 Å². The Morgan fingerprint density at radius 3 is 2.42 bits per heavy atom. The summed E-state index contributed by atoms with van der Waals surface area (Å²) in [6.07, 6.45) is 0. The van der Waals surface area contributed by atoms with Gasteiger partial charge in [0.15, 0.2) is 0 Å². The molecule has 0 spiro atoms. The van der Waals surface area contributed by atoms with Gasteiger partial charge in [-0.25, -0.2) is 0 Å². The van der Waals surface area contributed by atoms with Crippen LogP contribution in [-0.2, 0) is 0 Å². The summed E-state index contributed by atoms with van der Waals surface area (Å²) in [7, 11) is 0. The van der Waals surface area contributed by atoms with Gasteiger partial charge in [0.25, 0.3) is 5.91 Å². The zero-order chi connectivity index (χ0) is 16.9. The van der Waals surface area contributed by atoms with Gasteiger partial charge >= 0.3 is 0 Å².